The van der Waals surface area contributed by atoms with E-state index in [9.17, 15) is 18.0 Å². The van der Waals surface area contributed by atoms with Crippen LogP contribution in [-0.2, 0) is 18.6 Å². The zero-order valence-corrected chi connectivity index (χ0v) is 5.73. The number of rotatable bonds is 0. The van der Waals surface area contributed by atoms with Crippen molar-refractivity contribution in [1.29, 1.82) is 0 Å². The molecule has 0 spiro atoms. The second kappa shape index (κ2) is 1.45. The van der Waals surface area contributed by atoms with Gasteiger partial charge < -0.3 is 0 Å². The van der Waals surface area contributed by atoms with E-state index in [1.165, 1.54) is 0 Å². The van der Waals surface area contributed by atoms with E-state index in [1.54, 1.807) is 0 Å². The average molecular weight is 172 g/mol. The summed E-state index contributed by atoms with van der Waals surface area (Å²) in [6, 6.07) is 0. The molecular formula is C3H3F2O4P. The van der Waals surface area contributed by atoms with Crippen LogP contribution in [0.1, 0.15) is 0 Å². The molecule has 0 bridgehead atoms. The third-order valence-corrected chi connectivity index (χ3v) is 1.85. The minimum atomic E-state index is -5.82. The molecule has 10 heavy (non-hydrogen) atoms. The SMILES string of the molecule is CP1(F)(F)OC(=O)C(=O)O1. The van der Waals surface area contributed by atoms with Crippen LogP contribution in [0, 0.1) is 0 Å². The summed E-state index contributed by atoms with van der Waals surface area (Å²) in [5, 5.41) is 0. The molecule has 0 radical (unpaired) electrons. The summed E-state index contributed by atoms with van der Waals surface area (Å²) >= 11 is 0. The summed E-state index contributed by atoms with van der Waals surface area (Å²) in [7, 11) is -5.82. The van der Waals surface area contributed by atoms with Crippen LogP contribution in [0.15, 0.2) is 0 Å². The van der Waals surface area contributed by atoms with Crippen molar-refractivity contribution in [1.82, 2.24) is 0 Å². The molecule has 1 rings (SSSR count). The van der Waals surface area contributed by atoms with Gasteiger partial charge in [0.1, 0.15) is 0 Å². The molecule has 1 aliphatic rings. The maximum atomic E-state index is 12.4. The Kier molecular flexibility index (Phi) is 1.06. The Morgan fingerprint density at radius 1 is 1.20 bits per heavy atom. The Balaban J connectivity index is 2.95. The van der Waals surface area contributed by atoms with Crippen LogP contribution in [-0.4, -0.2) is 18.6 Å². The number of hydrogen-bond acceptors (Lipinski definition) is 4. The summed E-state index contributed by atoms with van der Waals surface area (Å²) in [5.41, 5.74) is 0. The molecule has 58 valence electrons. The summed E-state index contributed by atoms with van der Waals surface area (Å²) < 4.78 is 31.6. The van der Waals surface area contributed by atoms with Gasteiger partial charge in [0.15, 0.2) is 0 Å². The topological polar surface area (TPSA) is 52.6 Å². The number of halogens is 2. The van der Waals surface area contributed by atoms with Gasteiger partial charge in [-0.25, -0.2) is 0 Å². The first-order valence-electron chi connectivity index (χ1n) is 2.22. The molecule has 0 aromatic carbocycles. The fraction of sp³-hybridized carbons (Fsp3) is 0.333. The van der Waals surface area contributed by atoms with Gasteiger partial charge in [-0.1, -0.05) is 0 Å². The van der Waals surface area contributed by atoms with Crippen molar-refractivity contribution in [3.05, 3.63) is 0 Å². The third-order valence-electron chi connectivity index (χ3n) is 0.728. The Bertz CT molecular complexity index is 196. The summed E-state index contributed by atoms with van der Waals surface area (Å²) in [5.74, 6) is -3.24. The number of hydrogen-bond donors (Lipinski definition) is 0. The molecule has 0 saturated carbocycles. The van der Waals surface area contributed by atoms with E-state index >= 15 is 0 Å². The first-order valence-corrected chi connectivity index (χ1v) is 4.52. The Hall–Kier alpha value is -0.770. The van der Waals surface area contributed by atoms with E-state index < -0.39 is 19.6 Å². The minimum absolute atomic E-state index is 0.314. The van der Waals surface area contributed by atoms with Crippen molar-refractivity contribution in [2.45, 2.75) is 0 Å². The monoisotopic (exact) mass is 172 g/mol. The molecule has 1 heterocycles. The fourth-order valence-electron chi connectivity index (χ4n) is 0.452. The van der Waals surface area contributed by atoms with E-state index in [-0.39, 0.29) is 0 Å². The molecule has 0 aromatic rings. The van der Waals surface area contributed by atoms with Gasteiger partial charge in [-0.15, -0.1) is 0 Å². The molecule has 0 amide bonds. The molecule has 0 atom stereocenters. The van der Waals surface area contributed by atoms with Gasteiger partial charge in [-0.3, -0.25) is 0 Å². The standard InChI is InChI=1S/C3H3F2O4P/c1-10(4,5)8-2(6)3(7)9-10/h1H3. The first kappa shape index (κ1) is 7.34. The second-order valence-electron chi connectivity index (χ2n) is 1.88. The van der Waals surface area contributed by atoms with E-state index in [1.807, 2.05) is 0 Å². The average Bonchev–Trinajstić information content (AvgIpc) is 1.74. The van der Waals surface area contributed by atoms with Gasteiger partial charge in [0, 0.05) is 0 Å². The van der Waals surface area contributed by atoms with Gasteiger partial charge in [0.05, 0.1) is 0 Å². The van der Waals surface area contributed by atoms with Gasteiger partial charge in [0.25, 0.3) is 0 Å². The van der Waals surface area contributed by atoms with Crippen molar-refractivity contribution >= 4 is 19.6 Å². The molecule has 7 heteroatoms. The predicted octanol–water partition coefficient (Wildman–Crippen LogP) is 0.868. The zero-order valence-electron chi connectivity index (χ0n) is 4.84. The van der Waals surface area contributed by atoms with Crippen LogP contribution < -0.4 is 0 Å². The van der Waals surface area contributed by atoms with Crippen LogP contribution in [0.2, 0.25) is 0 Å². The van der Waals surface area contributed by atoms with E-state index in [4.69, 9.17) is 0 Å². The second-order valence-corrected chi connectivity index (χ2v) is 4.48. The quantitative estimate of drug-likeness (QED) is 0.401. The molecule has 1 fully saturated rings. The van der Waals surface area contributed by atoms with Crippen molar-refractivity contribution in [2.75, 3.05) is 6.66 Å². The Labute approximate surface area is 54.4 Å². The maximum absolute atomic E-state index is 12.4. The molecule has 1 aliphatic heterocycles. The summed E-state index contributed by atoms with van der Waals surface area (Å²) in [6.45, 7) is 0.314. The van der Waals surface area contributed by atoms with Crippen LogP contribution in [0.3, 0.4) is 0 Å². The predicted molar refractivity (Wildman–Crippen MR) is 27.2 cm³/mol. The first-order chi connectivity index (χ1) is 4.28. The molecule has 4 nitrogen and oxygen atoms in total. The zero-order chi connectivity index (χ0) is 8.02. The van der Waals surface area contributed by atoms with E-state index in [0.717, 1.165) is 0 Å². The fourth-order valence-corrected chi connectivity index (χ4v) is 1.36. The van der Waals surface area contributed by atoms with Crippen LogP contribution in [0.5, 0.6) is 0 Å². The van der Waals surface area contributed by atoms with Gasteiger partial charge >= 0.3 is 53.3 Å². The van der Waals surface area contributed by atoms with Crippen molar-refractivity contribution < 1.29 is 27.0 Å². The molecular weight excluding hydrogens is 169 g/mol. The molecule has 0 N–H and O–H groups in total. The Morgan fingerprint density at radius 3 is 1.60 bits per heavy atom. The van der Waals surface area contributed by atoms with Crippen molar-refractivity contribution in [2.24, 2.45) is 0 Å². The normalized spacial score (nSPS) is 31.7. The van der Waals surface area contributed by atoms with Gasteiger partial charge in [-0.05, 0) is 0 Å². The number of carbonyl (C=O) groups excluding carboxylic acids is 2. The molecule has 0 unspecified atom stereocenters. The Morgan fingerprint density at radius 2 is 1.50 bits per heavy atom. The van der Waals surface area contributed by atoms with E-state index in [0.29, 0.717) is 6.66 Å². The van der Waals surface area contributed by atoms with Gasteiger partial charge in [0.2, 0.25) is 0 Å². The third kappa shape index (κ3) is 1.21. The number of carbonyl (C=O) groups is 2. The van der Waals surface area contributed by atoms with Gasteiger partial charge in [-0.2, -0.15) is 0 Å². The van der Waals surface area contributed by atoms with Crippen LogP contribution >= 0.6 is 7.68 Å². The summed E-state index contributed by atoms with van der Waals surface area (Å²) in [6.07, 6.45) is 0. The van der Waals surface area contributed by atoms with Crippen LogP contribution in [0.25, 0.3) is 0 Å². The van der Waals surface area contributed by atoms with Crippen molar-refractivity contribution in [3.8, 4) is 0 Å². The van der Waals surface area contributed by atoms with Crippen molar-refractivity contribution in [3.63, 3.8) is 0 Å². The summed E-state index contributed by atoms with van der Waals surface area (Å²) in [4.78, 5) is 20.1. The van der Waals surface area contributed by atoms with Crippen LogP contribution in [0.4, 0.5) is 8.39 Å². The molecule has 0 aliphatic carbocycles. The molecule has 0 aromatic heterocycles. The molecule has 1 saturated heterocycles. The van der Waals surface area contributed by atoms with E-state index in [2.05, 4.69) is 9.05 Å².